The number of fused-ring (bicyclic) bond motifs is 1. The van der Waals surface area contributed by atoms with E-state index in [1.165, 1.54) is 6.33 Å². The summed E-state index contributed by atoms with van der Waals surface area (Å²) >= 11 is 1.59. The monoisotopic (exact) mass is 364 g/mol. The van der Waals surface area contributed by atoms with Gasteiger partial charge < -0.3 is 14.2 Å². The van der Waals surface area contributed by atoms with Crippen LogP contribution in [0.2, 0.25) is 0 Å². The number of hydrogen-bond donors (Lipinski definition) is 0. The Balaban J connectivity index is 1.73. The number of rotatable bonds is 5. The van der Waals surface area contributed by atoms with Gasteiger partial charge in [-0.1, -0.05) is 18.2 Å². The molecule has 2 aromatic heterocycles. The van der Waals surface area contributed by atoms with E-state index in [1.54, 1.807) is 25.6 Å². The van der Waals surface area contributed by atoms with Crippen LogP contribution in [0.25, 0.3) is 20.7 Å². The molecule has 0 aliphatic rings. The van der Waals surface area contributed by atoms with Crippen molar-refractivity contribution in [1.29, 1.82) is 0 Å². The molecule has 0 aliphatic carbocycles. The van der Waals surface area contributed by atoms with Crippen LogP contribution in [-0.2, 0) is 0 Å². The molecule has 2 heterocycles. The predicted octanol–water partition coefficient (Wildman–Crippen LogP) is 5.17. The number of benzene rings is 2. The van der Waals surface area contributed by atoms with E-state index >= 15 is 0 Å². The maximum Gasteiger partial charge on any atom is 0.240 e. The van der Waals surface area contributed by atoms with Crippen LogP contribution in [0.1, 0.15) is 0 Å². The van der Waals surface area contributed by atoms with Gasteiger partial charge in [0.05, 0.1) is 19.7 Å². The molecule has 0 saturated carbocycles. The fraction of sp³-hybridized carbons (Fsp3) is 0.100. The van der Waals surface area contributed by atoms with Crippen LogP contribution in [0.4, 0.5) is 0 Å². The highest BCUT2D eigenvalue weighted by atomic mass is 32.1. The van der Waals surface area contributed by atoms with Crippen molar-refractivity contribution in [3.05, 3.63) is 60.9 Å². The van der Waals surface area contributed by atoms with Crippen LogP contribution >= 0.6 is 11.3 Å². The van der Waals surface area contributed by atoms with Crippen LogP contribution < -0.4 is 14.2 Å². The summed E-state index contributed by atoms with van der Waals surface area (Å²) in [5.41, 5.74) is 1.92. The molecule has 0 N–H and O–H groups in total. The van der Waals surface area contributed by atoms with E-state index in [4.69, 9.17) is 14.2 Å². The number of ether oxygens (including phenoxy) is 3. The smallest absolute Gasteiger partial charge is 0.240 e. The number of nitrogens with zero attached hydrogens (tertiary/aromatic N) is 2. The molecule has 0 bridgehead atoms. The van der Waals surface area contributed by atoms with Gasteiger partial charge >= 0.3 is 0 Å². The van der Waals surface area contributed by atoms with E-state index in [0.717, 1.165) is 32.2 Å². The van der Waals surface area contributed by atoms with Gasteiger partial charge in [-0.05, 0) is 35.9 Å². The Hall–Kier alpha value is -3.12. The third-order valence-electron chi connectivity index (χ3n) is 3.89. The SMILES string of the molecule is COc1cccc(Oc2ncnc3cc(-c4cccc(OC)c4)sc23)c1. The minimum absolute atomic E-state index is 0.530. The second kappa shape index (κ2) is 7.01. The summed E-state index contributed by atoms with van der Waals surface area (Å²) < 4.78 is 17.4. The van der Waals surface area contributed by atoms with Crippen molar-refractivity contribution in [1.82, 2.24) is 9.97 Å². The minimum atomic E-state index is 0.530. The molecule has 0 atom stereocenters. The normalized spacial score (nSPS) is 10.7. The lowest BCUT2D eigenvalue weighted by atomic mass is 10.2. The second-order valence-electron chi connectivity index (χ2n) is 5.52. The van der Waals surface area contributed by atoms with Crippen LogP contribution in [0.15, 0.2) is 60.9 Å². The first kappa shape index (κ1) is 16.4. The van der Waals surface area contributed by atoms with E-state index in [2.05, 4.69) is 9.97 Å². The standard InChI is InChI=1S/C20H16N2O3S/c1-23-14-6-3-5-13(9-14)18-11-17-19(26-18)20(22-12-21-17)25-16-8-4-7-15(10-16)24-2/h3-12H,1-2H3. The van der Waals surface area contributed by atoms with Gasteiger partial charge in [0.2, 0.25) is 5.88 Å². The van der Waals surface area contributed by atoms with Gasteiger partial charge in [-0.2, -0.15) is 0 Å². The van der Waals surface area contributed by atoms with Gasteiger partial charge in [0.15, 0.2) is 0 Å². The lowest BCUT2D eigenvalue weighted by Gasteiger charge is -2.06. The van der Waals surface area contributed by atoms with E-state index in [1.807, 2.05) is 54.6 Å². The molecule has 5 nitrogen and oxygen atoms in total. The van der Waals surface area contributed by atoms with Crippen molar-refractivity contribution >= 4 is 21.6 Å². The zero-order valence-electron chi connectivity index (χ0n) is 14.3. The molecule has 0 aliphatic heterocycles. The number of hydrogen-bond acceptors (Lipinski definition) is 6. The van der Waals surface area contributed by atoms with E-state index in [0.29, 0.717) is 11.6 Å². The molecule has 4 rings (SSSR count). The average molecular weight is 364 g/mol. The number of aromatic nitrogens is 2. The molecule has 0 unspecified atom stereocenters. The Bertz CT molecular complexity index is 1060. The number of methoxy groups -OCH3 is 2. The van der Waals surface area contributed by atoms with Gasteiger partial charge in [0.1, 0.15) is 28.3 Å². The van der Waals surface area contributed by atoms with Crippen LogP contribution in [0, 0.1) is 0 Å². The Morgan fingerprint density at radius 3 is 2.35 bits per heavy atom. The topological polar surface area (TPSA) is 53.5 Å². The molecular formula is C20H16N2O3S. The Labute approximate surface area is 154 Å². The summed E-state index contributed by atoms with van der Waals surface area (Å²) in [7, 11) is 3.29. The lowest BCUT2D eigenvalue weighted by Crippen LogP contribution is -1.90. The summed E-state index contributed by atoms with van der Waals surface area (Å²) in [6.07, 6.45) is 1.51. The average Bonchev–Trinajstić information content (AvgIpc) is 3.14. The molecule has 26 heavy (non-hydrogen) atoms. The van der Waals surface area contributed by atoms with Crippen molar-refractivity contribution in [2.75, 3.05) is 14.2 Å². The van der Waals surface area contributed by atoms with Gasteiger partial charge in [-0.15, -0.1) is 11.3 Å². The van der Waals surface area contributed by atoms with Crippen LogP contribution in [0.5, 0.6) is 23.1 Å². The zero-order valence-corrected chi connectivity index (χ0v) is 15.1. The van der Waals surface area contributed by atoms with E-state index in [-0.39, 0.29) is 0 Å². The fourth-order valence-corrected chi connectivity index (χ4v) is 3.63. The van der Waals surface area contributed by atoms with Crippen molar-refractivity contribution in [2.45, 2.75) is 0 Å². The lowest BCUT2D eigenvalue weighted by molar-refractivity contribution is 0.408. The number of thiophene rings is 1. The highest BCUT2D eigenvalue weighted by Crippen LogP contribution is 2.39. The van der Waals surface area contributed by atoms with Gasteiger partial charge in [0, 0.05) is 10.9 Å². The van der Waals surface area contributed by atoms with Gasteiger partial charge in [0.25, 0.3) is 0 Å². The summed E-state index contributed by atoms with van der Waals surface area (Å²) in [6, 6.07) is 17.4. The second-order valence-corrected chi connectivity index (χ2v) is 6.57. The molecule has 0 radical (unpaired) electrons. The molecule has 2 aromatic carbocycles. The van der Waals surface area contributed by atoms with Gasteiger partial charge in [-0.25, -0.2) is 9.97 Å². The molecule has 4 aromatic rings. The molecule has 0 spiro atoms. The fourth-order valence-electron chi connectivity index (χ4n) is 2.60. The Morgan fingerprint density at radius 1 is 0.808 bits per heavy atom. The molecule has 130 valence electrons. The maximum absolute atomic E-state index is 5.98. The highest BCUT2D eigenvalue weighted by Gasteiger charge is 2.13. The Morgan fingerprint density at radius 2 is 1.54 bits per heavy atom. The van der Waals surface area contributed by atoms with E-state index < -0.39 is 0 Å². The van der Waals surface area contributed by atoms with Crippen molar-refractivity contribution < 1.29 is 14.2 Å². The third kappa shape index (κ3) is 3.19. The molecule has 0 saturated heterocycles. The van der Waals surface area contributed by atoms with Crippen molar-refractivity contribution in [3.63, 3.8) is 0 Å². The molecule has 0 fully saturated rings. The largest absolute Gasteiger partial charge is 0.497 e. The maximum atomic E-state index is 5.98. The predicted molar refractivity (Wildman–Crippen MR) is 102 cm³/mol. The summed E-state index contributed by atoms with van der Waals surface area (Å²) in [6.45, 7) is 0. The summed E-state index contributed by atoms with van der Waals surface area (Å²) in [4.78, 5) is 9.76. The summed E-state index contributed by atoms with van der Waals surface area (Å²) in [5, 5.41) is 0. The molecular weight excluding hydrogens is 348 g/mol. The quantitative estimate of drug-likeness (QED) is 0.489. The first-order valence-electron chi connectivity index (χ1n) is 7.97. The minimum Gasteiger partial charge on any atom is -0.497 e. The highest BCUT2D eigenvalue weighted by molar-refractivity contribution is 7.22. The first-order chi connectivity index (χ1) is 12.8. The first-order valence-corrected chi connectivity index (χ1v) is 8.79. The van der Waals surface area contributed by atoms with E-state index in [9.17, 15) is 0 Å². The van der Waals surface area contributed by atoms with Gasteiger partial charge in [-0.3, -0.25) is 0 Å². The summed E-state index contributed by atoms with van der Waals surface area (Å²) in [5.74, 6) is 2.75. The van der Waals surface area contributed by atoms with Crippen LogP contribution in [0.3, 0.4) is 0 Å². The van der Waals surface area contributed by atoms with Crippen LogP contribution in [-0.4, -0.2) is 24.2 Å². The Kier molecular flexibility index (Phi) is 4.41. The van der Waals surface area contributed by atoms with Crippen molar-refractivity contribution in [3.8, 4) is 33.6 Å². The van der Waals surface area contributed by atoms with Crippen molar-refractivity contribution in [2.24, 2.45) is 0 Å². The third-order valence-corrected chi connectivity index (χ3v) is 5.05. The zero-order chi connectivity index (χ0) is 17.9. The molecule has 0 amide bonds. The molecule has 6 heteroatoms.